The lowest BCUT2D eigenvalue weighted by molar-refractivity contribution is 0.254. The van der Waals surface area contributed by atoms with Crippen molar-refractivity contribution in [2.75, 3.05) is 19.7 Å². The van der Waals surface area contributed by atoms with Gasteiger partial charge in [0.05, 0.1) is 0 Å². The lowest BCUT2D eigenvalue weighted by atomic mass is 9.78. The van der Waals surface area contributed by atoms with Crippen LogP contribution in [0.15, 0.2) is 22.7 Å². The van der Waals surface area contributed by atoms with Crippen molar-refractivity contribution in [1.82, 2.24) is 5.32 Å². The van der Waals surface area contributed by atoms with Gasteiger partial charge in [-0.15, -0.1) is 0 Å². The van der Waals surface area contributed by atoms with E-state index in [1.165, 1.54) is 11.1 Å². The van der Waals surface area contributed by atoms with Crippen LogP contribution >= 0.6 is 15.9 Å². The predicted octanol–water partition coefficient (Wildman–Crippen LogP) is 1.61. The first-order valence-corrected chi connectivity index (χ1v) is 7.32. The fourth-order valence-electron chi connectivity index (χ4n) is 2.66. The van der Waals surface area contributed by atoms with Crippen molar-refractivity contribution in [3.63, 3.8) is 0 Å². The molecule has 4 heteroatoms. The van der Waals surface area contributed by atoms with Gasteiger partial charge in [0.1, 0.15) is 0 Å². The smallest absolute Gasteiger partial charge is 0.0443 e. The molecule has 0 saturated heterocycles. The van der Waals surface area contributed by atoms with Crippen LogP contribution in [0.2, 0.25) is 0 Å². The molecule has 1 atom stereocenters. The van der Waals surface area contributed by atoms with Gasteiger partial charge in [0, 0.05) is 23.2 Å². The molecule has 0 bridgehead atoms. The second kappa shape index (κ2) is 6.15. The number of nitrogens with one attached hydrogen (secondary N) is 1. The van der Waals surface area contributed by atoms with Gasteiger partial charge in [0.25, 0.3) is 0 Å². The van der Waals surface area contributed by atoms with Gasteiger partial charge >= 0.3 is 0 Å². The van der Waals surface area contributed by atoms with Crippen LogP contribution in [0.4, 0.5) is 0 Å². The molecule has 0 fully saturated rings. The maximum atomic E-state index is 8.86. The molecule has 18 heavy (non-hydrogen) atoms. The summed E-state index contributed by atoms with van der Waals surface area (Å²) in [4.78, 5) is 0. The van der Waals surface area contributed by atoms with Crippen LogP contribution in [-0.2, 0) is 12.8 Å². The molecule has 0 heterocycles. The normalized spacial score (nSPS) is 22.8. The van der Waals surface area contributed by atoms with Crippen molar-refractivity contribution < 1.29 is 5.11 Å². The van der Waals surface area contributed by atoms with E-state index >= 15 is 0 Å². The monoisotopic (exact) mass is 312 g/mol. The fraction of sp³-hybridized carbons (Fsp3) is 0.571. The SMILES string of the molecule is NCC1(NCCCO)CCc2cc(Br)ccc2C1. The molecule has 1 aliphatic rings. The third kappa shape index (κ3) is 3.12. The molecule has 1 aromatic rings. The molecule has 100 valence electrons. The number of halogens is 1. The van der Waals surface area contributed by atoms with Crippen molar-refractivity contribution in [2.45, 2.75) is 31.2 Å². The number of aliphatic hydroxyl groups excluding tert-OH is 1. The molecule has 0 aromatic heterocycles. The number of hydrogen-bond acceptors (Lipinski definition) is 3. The summed E-state index contributed by atoms with van der Waals surface area (Å²) in [6.07, 6.45) is 3.91. The zero-order valence-corrected chi connectivity index (χ0v) is 12.2. The summed E-state index contributed by atoms with van der Waals surface area (Å²) in [7, 11) is 0. The Hall–Kier alpha value is -0.420. The van der Waals surface area contributed by atoms with Crippen LogP contribution in [0, 0.1) is 0 Å². The van der Waals surface area contributed by atoms with Crippen molar-refractivity contribution in [3.05, 3.63) is 33.8 Å². The predicted molar refractivity (Wildman–Crippen MR) is 77.7 cm³/mol. The van der Waals surface area contributed by atoms with Crippen molar-refractivity contribution in [1.29, 1.82) is 0 Å². The molecule has 3 nitrogen and oxygen atoms in total. The molecule has 4 N–H and O–H groups in total. The number of hydrogen-bond donors (Lipinski definition) is 3. The van der Waals surface area contributed by atoms with E-state index in [1.807, 2.05) is 0 Å². The Morgan fingerprint density at radius 3 is 2.94 bits per heavy atom. The number of benzene rings is 1. The Morgan fingerprint density at radius 1 is 1.39 bits per heavy atom. The Labute approximate surface area is 117 Å². The fourth-order valence-corrected chi connectivity index (χ4v) is 3.06. The maximum Gasteiger partial charge on any atom is 0.0443 e. The molecule has 1 unspecified atom stereocenters. The van der Waals surface area contributed by atoms with Gasteiger partial charge in [0.2, 0.25) is 0 Å². The lowest BCUT2D eigenvalue weighted by Crippen LogP contribution is -2.55. The van der Waals surface area contributed by atoms with Crippen LogP contribution in [0.5, 0.6) is 0 Å². The van der Waals surface area contributed by atoms with Crippen molar-refractivity contribution >= 4 is 15.9 Å². The number of nitrogens with two attached hydrogens (primary N) is 1. The van der Waals surface area contributed by atoms with E-state index < -0.39 is 0 Å². The first-order valence-electron chi connectivity index (χ1n) is 6.52. The summed E-state index contributed by atoms with van der Waals surface area (Å²) < 4.78 is 1.15. The molecule has 0 saturated carbocycles. The van der Waals surface area contributed by atoms with Crippen molar-refractivity contribution in [3.8, 4) is 0 Å². The molecule has 0 amide bonds. The molecule has 2 rings (SSSR count). The minimum Gasteiger partial charge on any atom is -0.396 e. The lowest BCUT2D eigenvalue weighted by Gasteiger charge is -2.38. The van der Waals surface area contributed by atoms with Gasteiger partial charge < -0.3 is 16.2 Å². The molecule has 0 aliphatic heterocycles. The highest BCUT2D eigenvalue weighted by atomic mass is 79.9. The number of aliphatic hydroxyl groups is 1. The van der Waals surface area contributed by atoms with Crippen molar-refractivity contribution in [2.24, 2.45) is 5.73 Å². The van der Waals surface area contributed by atoms with E-state index in [-0.39, 0.29) is 12.1 Å². The standard InChI is InChI=1S/C14H21BrN2O/c15-13-3-2-12-9-14(10-16,17-6-1-7-18)5-4-11(12)8-13/h2-3,8,17-18H,1,4-7,9-10,16H2. The van der Waals surface area contributed by atoms with Gasteiger partial charge in [-0.1, -0.05) is 22.0 Å². The molecule has 1 aliphatic carbocycles. The van der Waals surface area contributed by atoms with Crippen LogP contribution < -0.4 is 11.1 Å². The molecule has 0 radical (unpaired) electrons. The summed E-state index contributed by atoms with van der Waals surface area (Å²) in [5.41, 5.74) is 8.81. The number of fused-ring (bicyclic) bond motifs is 1. The number of rotatable bonds is 5. The highest BCUT2D eigenvalue weighted by Crippen LogP contribution is 2.30. The van der Waals surface area contributed by atoms with Gasteiger partial charge in [-0.25, -0.2) is 0 Å². The van der Waals surface area contributed by atoms with Crippen LogP contribution in [0.1, 0.15) is 24.0 Å². The first kappa shape index (κ1) is 14.0. The van der Waals surface area contributed by atoms with Gasteiger partial charge in [-0.05, 0) is 55.5 Å². The topological polar surface area (TPSA) is 58.3 Å². The summed E-state index contributed by atoms with van der Waals surface area (Å²) in [5, 5.41) is 12.4. The summed E-state index contributed by atoms with van der Waals surface area (Å²) in [6, 6.07) is 6.50. The third-order valence-corrected chi connectivity index (χ3v) is 4.29. The summed E-state index contributed by atoms with van der Waals surface area (Å²) in [6.45, 7) is 1.71. The zero-order valence-electron chi connectivity index (χ0n) is 10.6. The van der Waals surface area contributed by atoms with Gasteiger partial charge in [-0.2, -0.15) is 0 Å². The molecular formula is C14H21BrN2O. The van der Waals surface area contributed by atoms with E-state index in [2.05, 4.69) is 39.4 Å². The highest BCUT2D eigenvalue weighted by Gasteiger charge is 2.32. The van der Waals surface area contributed by atoms with E-state index in [0.29, 0.717) is 6.54 Å². The first-order chi connectivity index (χ1) is 8.69. The summed E-state index contributed by atoms with van der Waals surface area (Å²) >= 11 is 3.52. The molecule has 0 spiro atoms. The van der Waals surface area contributed by atoms with Gasteiger partial charge in [-0.3, -0.25) is 0 Å². The van der Waals surface area contributed by atoms with E-state index in [0.717, 1.165) is 36.7 Å². The largest absolute Gasteiger partial charge is 0.396 e. The third-order valence-electron chi connectivity index (χ3n) is 3.80. The Kier molecular flexibility index (Phi) is 4.78. The highest BCUT2D eigenvalue weighted by molar-refractivity contribution is 9.10. The van der Waals surface area contributed by atoms with Crippen LogP contribution in [0.3, 0.4) is 0 Å². The second-order valence-electron chi connectivity index (χ2n) is 5.08. The second-order valence-corrected chi connectivity index (χ2v) is 5.99. The van der Waals surface area contributed by atoms with Crippen LogP contribution in [-0.4, -0.2) is 30.3 Å². The van der Waals surface area contributed by atoms with Gasteiger partial charge in [0.15, 0.2) is 0 Å². The average molecular weight is 313 g/mol. The Morgan fingerprint density at radius 2 is 2.22 bits per heavy atom. The minimum absolute atomic E-state index is 0.00992. The molecular weight excluding hydrogens is 292 g/mol. The van der Waals surface area contributed by atoms with E-state index in [4.69, 9.17) is 10.8 Å². The molecule has 1 aromatic carbocycles. The Balaban J connectivity index is 2.10. The average Bonchev–Trinajstić information content (AvgIpc) is 2.39. The van der Waals surface area contributed by atoms with E-state index in [1.54, 1.807) is 0 Å². The quantitative estimate of drug-likeness (QED) is 0.724. The van der Waals surface area contributed by atoms with E-state index in [9.17, 15) is 0 Å². The number of aryl methyl sites for hydroxylation is 1. The zero-order chi connectivity index (χ0) is 13.0. The van der Waals surface area contributed by atoms with Crippen LogP contribution in [0.25, 0.3) is 0 Å². The summed E-state index contributed by atoms with van der Waals surface area (Å²) in [5.74, 6) is 0. The maximum absolute atomic E-state index is 8.86. The minimum atomic E-state index is 0.00992. The Bertz CT molecular complexity index is 411.